The van der Waals surface area contributed by atoms with Crippen LogP contribution in [0, 0.1) is 0 Å². The average molecular weight is 602 g/mol. The van der Waals surface area contributed by atoms with Crippen molar-refractivity contribution in [3.63, 3.8) is 0 Å². The van der Waals surface area contributed by atoms with Crippen LogP contribution in [0.15, 0.2) is 0 Å². The van der Waals surface area contributed by atoms with E-state index in [1.54, 1.807) is 0 Å². The van der Waals surface area contributed by atoms with Crippen LogP contribution >= 0.6 is 0 Å². The summed E-state index contributed by atoms with van der Waals surface area (Å²) >= 11 is 0. The molecule has 0 heterocycles. The van der Waals surface area contributed by atoms with Gasteiger partial charge in [-0.1, -0.05) is 0 Å². The van der Waals surface area contributed by atoms with Gasteiger partial charge in [0.2, 0.25) is 0 Å². The molecule has 0 nitrogen and oxygen atoms in total. The van der Waals surface area contributed by atoms with E-state index in [-0.39, 0.29) is 120 Å². The fraction of sp³-hybridized carbons (Fsp3) is 0. The van der Waals surface area contributed by atoms with Gasteiger partial charge in [0.1, 0.15) is 0 Å². The van der Waals surface area contributed by atoms with E-state index in [0.717, 1.165) is 0 Å². The van der Waals surface area contributed by atoms with Crippen molar-refractivity contribution in [2.75, 3.05) is 0 Å². The van der Waals surface area contributed by atoms with Gasteiger partial charge in [0, 0.05) is 0 Å². The molecule has 12 radical (unpaired) electrons. The normalized spacial score (nSPS) is 0. The van der Waals surface area contributed by atoms with Gasteiger partial charge in [0.25, 0.3) is 0 Å². The molecule has 0 fully saturated rings. The maximum atomic E-state index is 0. The molecule has 0 N–H and O–H groups in total. The van der Waals surface area contributed by atoms with E-state index in [9.17, 15) is 0 Å². The summed E-state index contributed by atoms with van der Waals surface area (Å²) in [6.07, 6.45) is 0. The van der Waals surface area contributed by atoms with Crippen molar-refractivity contribution in [2.24, 2.45) is 0 Å². The van der Waals surface area contributed by atoms with Gasteiger partial charge in [-0.15, -0.1) is 0 Å². The van der Waals surface area contributed by atoms with E-state index >= 15 is 0 Å². The molecule has 0 aromatic rings. The minimum absolute atomic E-state index is 0. The molecule has 0 saturated carbocycles. The molecule has 0 bridgehead atoms. The molecule has 0 spiro atoms. The number of hydrogen-bond acceptors (Lipinski definition) is 0. The summed E-state index contributed by atoms with van der Waals surface area (Å²) in [6, 6.07) is 0. The molecule has 0 aliphatic heterocycles. The average Bonchev–Trinajstić information content (AvgIpc) is 0. The van der Waals surface area contributed by atoms with Crippen LogP contribution in [-0.4, -0.2) is 120 Å². The summed E-state index contributed by atoms with van der Waals surface area (Å²) in [5.74, 6) is 0. The third-order valence-electron chi connectivity index (χ3n) is 0. The predicted octanol–water partition coefficient (Wildman–Crippen LogP) is -4.05. The van der Waals surface area contributed by atoms with Gasteiger partial charge >= 0.3 is 120 Å². The molecule has 0 unspecified atom stereocenters. The molecule has 5 heteroatoms. The van der Waals surface area contributed by atoms with Crippen molar-refractivity contribution in [3.8, 4) is 0 Å². The van der Waals surface area contributed by atoms with Gasteiger partial charge in [-0.25, -0.2) is 0 Å². The van der Waals surface area contributed by atoms with Crippen LogP contribution in [-0.2, 0) is 0 Å². The van der Waals surface area contributed by atoms with E-state index in [1.165, 1.54) is 0 Å². The third kappa shape index (κ3) is 18.0. The summed E-state index contributed by atoms with van der Waals surface area (Å²) < 4.78 is 0. The van der Waals surface area contributed by atoms with Gasteiger partial charge in [0.15, 0.2) is 0 Å². The quantitative estimate of drug-likeness (QED) is 0.248. The first-order valence-corrected chi connectivity index (χ1v) is 0. The molecule has 5 heavy (non-hydrogen) atoms. The number of hydrogen-bond donors (Lipinski definition) is 0. The molecular formula is H8Sn5. The van der Waals surface area contributed by atoms with Crippen LogP contribution in [0.1, 0.15) is 0 Å². The first-order valence-electron chi connectivity index (χ1n) is 0. The monoisotopic (exact) mass is 608 g/mol. The van der Waals surface area contributed by atoms with Crippen molar-refractivity contribution >= 4 is 120 Å². The van der Waals surface area contributed by atoms with Crippen LogP contribution < -0.4 is 0 Å². The minimum atomic E-state index is 0. The van der Waals surface area contributed by atoms with E-state index in [4.69, 9.17) is 0 Å². The third-order valence-corrected chi connectivity index (χ3v) is 0. The Morgan fingerprint density at radius 2 is 0.400 bits per heavy atom. The standard InChI is InChI=1S/5Sn.8H. The molecule has 28 valence electrons. The zero-order valence-corrected chi connectivity index (χ0v) is 22.0. The van der Waals surface area contributed by atoms with Gasteiger partial charge < -0.3 is 0 Å². The Hall–Kier alpha value is 3.99. The van der Waals surface area contributed by atoms with Crippen molar-refractivity contribution in [1.82, 2.24) is 0 Å². The summed E-state index contributed by atoms with van der Waals surface area (Å²) in [7, 11) is 0. The van der Waals surface area contributed by atoms with Crippen LogP contribution in [0.4, 0.5) is 0 Å². The fourth-order valence-corrected chi connectivity index (χ4v) is 0. The van der Waals surface area contributed by atoms with Gasteiger partial charge in [0.05, 0.1) is 0 Å². The fourth-order valence-electron chi connectivity index (χ4n) is 0. The zero-order valence-electron chi connectivity index (χ0n) is 3.28. The van der Waals surface area contributed by atoms with Crippen LogP contribution in [0.3, 0.4) is 0 Å². The van der Waals surface area contributed by atoms with E-state index in [1.807, 2.05) is 0 Å². The first kappa shape index (κ1) is 36.0. The van der Waals surface area contributed by atoms with Crippen LogP contribution in [0.25, 0.3) is 0 Å². The molecule has 0 aromatic heterocycles. The van der Waals surface area contributed by atoms with E-state index < -0.39 is 0 Å². The zero-order chi connectivity index (χ0) is 0. The summed E-state index contributed by atoms with van der Waals surface area (Å²) in [5.41, 5.74) is 0. The Morgan fingerprint density at radius 1 is 0.400 bits per heavy atom. The summed E-state index contributed by atoms with van der Waals surface area (Å²) in [6.45, 7) is 0. The van der Waals surface area contributed by atoms with E-state index in [2.05, 4.69) is 0 Å². The molecule has 0 aromatic carbocycles. The molecular weight excluding hydrogens is 594 g/mol. The molecule has 0 saturated heterocycles. The second kappa shape index (κ2) is 24.5. The Kier molecular flexibility index (Phi) is 177. The van der Waals surface area contributed by atoms with Gasteiger partial charge in [-0.05, 0) is 0 Å². The van der Waals surface area contributed by atoms with Crippen molar-refractivity contribution in [3.05, 3.63) is 0 Å². The predicted molar refractivity (Wildman–Crippen MR) is 39.9 cm³/mol. The van der Waals surface area contributed by atoms with Crippen molar-refractivity contribution in [2.45, 2.75) is 0 Å². The van der Waals surface area contributed by atoms with Gasteiger partial charge in [-0.3, -0.25) is 0 Å². The maximum absolute atomic E-state index is 0. The Bertz CT molecular complexity index is 0. The topological polar surface area (TPSA) is 0 Å². The number of rotatable bonds is 0. The van der Waals surface area contributed by atoms with Crippen molar-refractivity contribution in [1.29, 1.82) is 0 Å². The summed E-state index contributed by atoms with van der Waals surface area (Å²) in [4.78, 5) is 0. The second-order valence-electron chi connectivity index (χ2n) is 0. The molecule has 0 aliphatic rings. The Morgan fingerprint density at radius 3 is 0.400 bits per heavy atom. The van der Waals surface area contributed by atoms with Crippen LogP contribution in [0.5, 0.6) is 0 Å². The SMILES string of the molecule is [SnH2].[SnH2].[SnH2].[SnH].[SnH]. The van der Waals surface area contributed by atoms with Crippen molar-refractivity contribution < 1.29 is 0 Å². The second-order valence-corrected chi connectivity index (χ2v) is 0. The Labute approximate surface area is 117 Å². The molecule has 0 aliphatic carbocycles. The summed E-state index contributed by atoms with van der Waals surface area (Å²) in [5, 5.41) is 0. The molecule has 0 atom stereocenters. The van der Waals surface area contributed by atoms with Gasteiger partial charge in [-0.2, -0.15) is 0 Å². The Balaban J connectivity index is 0. The molecule has 0 rings (SSSR count). The first-order chi connectivity index (χ1) is 0. The molecule has 0 amide bonds. The van der Waals surface area contributed by atoms with Crippen LogP contribution in [0.2, 0.25) is 0 Å². The van der Waals surface area contributed by atoms with E-state index in [0.29, 0.717) is 0 Å².